The van der Waals surface area contributed by atoms with Crippen LogP contribution in [-0.2, 0) is 4.79 Å². The minimum Gasteiger partial charge on any atom is -0.497 e. The lowest BCUT2D eigenvalue weighted by atomic mass is 9.63. The number of rotatable bonds is 2. The molecule has 1 atom stereocenters. The number of hydrogen-bond donors (Lipinski definition) is 2. The summed E-state index contributed by atoms with van der Waals surface area (Å²) < 4.78 is 5.23. The first-order valence-electron chi connectivity index (χ1n) is 7.35. The number of ether oxygens (including phenoxy) is 1. The van der Waals surface area contributed by atoms with Crippen LogP contribution in [0.2, 0.25) is 0 Å². The van der Waals surface area contributed by atoms with Crippen molar-refractivity contribution >= 4 is 5.91 Å². The Labute approximate surface area is 119 Å². The Bertz CT molecular complexity index is 478. The van der Waals surface area contributed by atoms with Crippen LogP contribution in [0.3, 0.4) is 0 Å². The molecule has 1 amide bonds. The molecule has 1 spiro atoms. The van der Waals surface area contributed by atoms with Crippen LogP contribution in [0.4, 0.5) is 0 Å². The minimum absolute atomic E-state index is 0.127. The van der Waals surface area contributed by atoms with Gasteiger partial charge in [0.2, 0.25) is 5.91 Å². The van der Waals surface area contributed by atoms with E-state index < -0.39 is 0 Å². The largest absolute Gasteiger partial charge is 0.497 e. The molecule has 1 aromatic rings. The highest BCUT2D eigenvalue weighted by molar-refractivity contribution is 5.78. The van der Waals surface area contributed by atoms with Crippen molar-refractivity contribution in [1.82, 2.24) is 10.6 Å². The zero-order valence-electron chi connectivity index (χ0n) is 11.9. The highest BCUT2D eigenvalue weighted by atomic mass is 16.5. The third kappa shape index (κ3) is 2.40. The van der Waals surface area contributed by atoms with Crippen molar-refractivity contribution in [2.24, 2.45) is 5.41 Å². The molecule has 2 aliphatic rings. The first-order chi connectivity index (χ1) is 9.73. The van der Waals surface area contributed by atoms with Gasteiger partial charge in [-0.3, -0.25) is 4.79 Å². The molecule has 2 N–H and O–H groups in total. The molecule has 0 aliphatic carbocycles. The second-order valence-electron chi connectivity index (χ2n) is 5.92. The molecule has 4 heteroatoms. The fourth-order valence-electron chi connectivity index (χ4n) is 3.70. The van der Waals surface area contributed by atoms with Crippen LogP contribution < -0.4 is 15.4 Å². The molecule has 20 heavy (non-hydrogen) atoms. The standard InChI is InChI=1S/C16H22N2O2/c1-20-13-4-2-12(3-5-13)14-11-18-15(19)10-16(14)6-8-17-9-7-16/h2-5,14,17H,6-11H2,1H3,(H,18,19). The van der Waals surface area contributed by atoms with Gasteiger partial charge < -0.3 is 15.4 Å². The van der Waals surface area contributed by atoms with Crippen molar-refractivity contribution in [3.63, 3.8) is 0 Å². The molecule has 0 saturated carbocycles. The number of nitrogens with one attached hydrogen (secondary N) is 2. The number of piperidine rings is 2. The third-order valence-corrected chi connectivity index (χ3v) is 4.87. The van der Waals surface area contributed by atoms with Gasteiger partial charge in [-0.2, -0.15) is 0 Å². The number of benzene rings is 1. The predicted molar refractivity (Wildman–Crippen MR) is 77.9 cm³/mol. The molecule has 2 saturated heterocycles. The summed E-state index contributed by atoms with van der Waals surface area (Å²) in [6.45, 7) is 2.78. The Morgan fingerprint density at radius 3 is 2.55 bits per heavy atom. The molecule has 3 rings (SSSR count). The van der Waals surface area contributed by atoms with E-state index in [0.29, 0.717) is 12.3 Å². The average Bonchev–Trinajstić information content (AvgIpc) is 2.48. The van der Waals surface area contributed by atoms with Crippen molar-refractivity contribution in [2.45, 2.75) is 25.2 Å². The Balaban J connectivity index is 1.89. The van der Waals surface area contributed by atoms with Gasteiger partial charge in [0.05, 0.1) is 7.11 Å². The Morgan fingerprint density at radius 2 is 1.90 bits per heavy atom. The highest BCUT2D eigenvalue weighted by Crippen LogP contribution is 2.47. The monoisotopic (exact) mass is 274 g/mol. The fourth-order valence-corrected chi connectivity index (χ4v) is 3.70. The van der Waals surface area contributed by atoms with Gasteiger partial charge in [0.25, 0.3) is 0 Å². The third-order valence-electron chi connectivity index (χ3n) is 4.87. The zero-order chi connectivity index (χ0) is 14.0. The summed E-state index contributed by atoms with van der Waals surface area (Å²) in [7, 11) is 1.68. The molecule has 0 radical (unpaired) electrons. The predicted octanol–water partition coefficient (Wildman–Crippen LogP) is 1.67. The van der Waals surface area contributed by atoms with Crippen LogP contribution in [0.25, 0.3) is 0 Å². The Hall–Kier alpha value is -1.55. The van der Waals surface area contributed by atoms with Crippen LogP contribution in [0.1, 0.15) is 30.7 Å². The molecular weight excluding hydrogens is 252 g/mol. The number of carbonyl (C=O) groups is 1. The maximum Gasteiger partial charge on any atom is 0.220 e. The summed E-state index contributed by atoms with van der Waals surface area (Å²) in [5.74, 6) is 1.50. The molecular formula is C16H22N2O2. The first kappa shape index (κ1) is 13.4. The minimum atomic E-state index is 0.127. The fraction of sp³-hybridized carbons (Fsp3) is 0.562. The van der Waals surface area contributed by atoms with Crippen LogP contribution >= 0.6 is 0 Å². The van der Waals surface area contributed by atoms with E-state index in [-0.39, 0.29) is 11.3 Å². The molecule has 2 heterocycles. The normalized spacial score (nSPS) is 25.2. The van der Waals surface area contributed by atoms with Gasteiger partial charge in [-0.25, -0.2) is 0 Å². The molecule has 0 aromatic heterocycles. The number of carbonyl (C=O) groups excluding carboxylic acids is 1. The maximum atomic E-state index is 11.9. The summed E-state index contributed by atoms with van der Waals surface area (Å²) in [5.41, 5.74) is 1.44. The van der Waals surface area contributed by atoms with Gasteiger partial charge in [0.1, 0.15) is 5.75 Å². The van der Waals surface area contributed by atoms with E-state index in [2.05, 4.69) is 22.8 Å². The van der Waals surface area contributed by atoms with Crippen molar-refractivity contribution in [3.8, 4) is 5.75 Å². The van der Waals surface area contributed by atoms with Crippen molar-refractivity contribution in [1.29, 1.82) is 0 Å². The van der Waals surface area contributed by atoms with Crippen LogP contribution in [0.5, 0.6) is 5.75 Å². The summed E-state index contributed by atoms with van der Waals surface area (Å²) in [5, 5.41) is 6.45. The summed E-state index contributed by atoms with van der Waals surface area (Å²) >= 11 is 0. The van der Waals surface area contributed by atoms with Gasteiger partial charge in [-0.15, -0.1) is 0 Å². The summed E-state index contributed by atoms with van der Waals surface area (Å²) in [6.07, 6.45) is 2.82. The SMILES string of the molecule is COc1ccc(C2CNC(=O)CC23CCNCC3)cc1. The van der Waals surface area contributed by atoms with E-state index in [1.807, 2.05) is 12.1 Å². The van der Waals surface area contributed by atoms with E-state index in [4.69, 9.17) is 4.74 Å². The highest BCUT2D eigenvalue weighted by Gasteiger charge is 2.44. The zero-order valence-corrected chi connectivity index (χ0v) is 11.9. The molecule has 2 aliphatic heterocycles. The van der Waals surface area contributed by atoms with Crippen LogP contribution in [0.15, 0.2) is 24.3 Å². The molecule has 0 bridgehead atoms. The maximum absolute atomic E-state index is 11.9. The number of amides is 1. The molecule has 1 aromatic carbocycles. The van der Waals surface area contributed by atoms with Crippen molar-refractivity contribution < 1.29 is 9.53 Å². The van der Waals surface area contributed by atoms with Gasteiger partial charge in [0, 0.05) is 18.9 Å². The van der Waals surface area contributed by atoms with E-state index in [0.717, 1.165) is 38.2 Å². The second-order valence-corrected chi connectivity index (χ2v) is 5.92. The topological polar surface area (TPSA) is 50.4 Å². The Morgan fingerprint density at radius 1 is 1.20 bits per heavy atom. The van der Waals surface area contributed by atoms with E-state index in [1.54, 1.807) is 7.11 Å². The quantitative estimate of drug-likeness (QED) is 0.862. The second kappa shape index (κ2) is 5.44. The van der Waals surface area contributed by atoms with E-state index in [9.17, 15) is 4.79 Å². The van der Waals surface area contributed by atoms with Gasteiger partial charge >= 0.3 is 0 Å². The molecule has 4 nitrogen and oxygen atoms in total. The van der Waals surface area contributed by atoms with Crippen LogP contribution in [-0.4, -0.2) is 32.7 Å². The lowest BCUT2D eigenvalue weighted by Gasteiger charge is -2.46. The lowest BCUT2D eigenvalue weighted by molar-refractivity contribution is -0.127. The molecule has 2 fully saturated rings. The molecule has 108 valence electrons. The summed E-state index contributed by atoms with van der Waals surface area (Å²) in [6, 6.07) is 8.32. The lowest BCUT2D eigenvalue weighted by Crippen LogP contribution is -2.51. The van der Waals surface area contributed by atoms with Gasteiger partial charge in [-0.1, -0.05) is 12.1 Å². The van der Waals surface area contributed by atoms with Crippen molar-refractivity contribution in [3.05, 3.63) is 29.8 Å². The smallest absolute Gasteiger partial charge is 0.220 e. The average molecular weight is 274 g/mol. The van der Waals surface area contributed by atoms with E-state index >= 15 is 0 Å². The van der Waals surface area contributed by atoms with Gasteiger partial charge in [0.15, 0.2) is 0 Å². The van der Waals surface area contributed by atoms with Crippen LogP contribution in [0, 0.1) is 5.41 Å². The molecule has 1 unspecified atom stereocenters. The Kier molecular flexibility index (Phi) is 3.66. The summed E-state index contributed by atoms with van der Waals surface area (Å²) in [4.78, 5) is 11.9. The van der Waals surface area contributed by atoms with Gasteiger partial charge in [-0.05, 0) is 49.0 Å². The van der Waals surface area contributed by atoms with Crippen molar-refractivity contribution in [2.75, 3.05) is 26.7 Å². The van der Waals surface area contributed by atoms with E-state index in [1.165, 1.54) is 5.56 Å². The number of methoxy groups -OCH3 is 1. The number of hydrogen-bond acceptors (Lipinski definition) is 3. The first-order valence-corrected chi connectivity index (χ1v) is 7.35.